The van der Waals surface area contributed by atoms with E-state index >= 15 is 0 Å². The fourth-order valence-corrected chi connectivity index (χ4v) is 3.37. The number of benzene rings is 1. The van der Waals surface area contributed by atoms with Gasteiger partial charge < -0.3 is 0 Å². The van der Waals surface area contributed by atoms with E-state index in [1.54, 1.807) is 11.3 Å². The molecule has 0 spiro atoms. The minimum absolute atomic E-state index is 1.09. The topological polar surface area (TPSA) is 0 Å². The largest absolute Gasteiger partial charge is 0.143 e. The van der Waals surface area contributed by atoms with E-state index in [2.05, 4.69) is 59.7 Å². The number of thiophene rings is 1. The Labute approximate surface area is 94.5 Å². The number of fused-ring (bicyclic) bond motifs is 1. The molecule has 12 heavy (non-hydrogen) atoms. The first kappa shape index (κ1) is 8.84. The lowest BCUT2D eigenvalue weighted by molar-refractivity contribution is 1.40. The summed E-state index contributed by atoms with van der Waals surface area (Å²) in [5.41, 5.74) is 1.32. The molecule has 0 amide bonds. The summed E-state index contributed by atoms with van der Waals surface area (Å²) in [4.78, 5) is 1.09. The van der Waals surface area contributed by atoms with Crippen molar-refractivity contribution in [3.8, 4) is 0 Å². The normalized spacial score (nSPS) is 10.9. The monoisotopic (exact) mass is 306 g/mol. The predicted octanol–water partition coefficient (Wildman–Crippen LogP) is 4.10. The molecule has 0 nitrogen and oxygen atoms in total. The van der Waals surface area contributed by atoms with Crippen LogP contribution in [0.4, 0.5) is 0 Å². The molecule has 0 saturated heterocycles. The third-order valence-electron chi connectivity index (χ3n) is 1.87. The molecule has 0 saturated carbocycles. The van der Waals surface area contributed by atoms with Crippen molar-refractivity contribution in [2.45, 2.75) is 11.8 Å². The zero-order valence-electron chi connectivity index (χ0n) is 6.47. The van der Waals surface area contributed by atoms with Gasteiger partial charge >= 0.3 is 0 Å². The number of halogens is 1. The van der Waals surface area contributed by atoms with Gasteiger partial charge in [0.25, 0.3) is 0 Å². The van der Waals surface area contributed by atoms with Crippen LogP contribution in [0.1, 0.15) is 5.56 Å². The lowest BCUT2D eigenvalue weighted by Gasteiger charge is -2.01. The molecule has 0 N–H and O–H groups in total. The van der Waals surface area contributed by atoms with E-state index in [1.165, 1.54) is 19.2 Å². The first-order valence-electron chi connectivity index (χ1n) is 3.55. The summed E-state index contributed by atoms with van der Waals surface area (Å²) in [5.74, 6) is 0. The van der Waals surface area contributed by atoms with E-state index in [0.29, 0.717) is 0 Å². The van der Waals surface area contributed by atoms with Crippen LogP contribution in [-0.2, 0) is 0 Å². The van der Waals surface area contributed by atoms with Crippen molar-refractivity contribution in [1.82, 2.24) is 0 Å². The third kappa shape index (κ3) is 1.28. The Bertz CT molecular complexity index is 431. The molecule has 3 heteroatoms. The second-order valence-electron chi connectivity index (χ2n) is 2.69. The van der Waals surface area contributed by atoms with Crippen molar-refractivity contribution in [2.75, 3.05) is 0 Å². The summed E-state index contributed by atoms with van der Waals surface area (Å²) in [5, 5.41) is 3.50. The van der Waals surface area contributed by atoms with Crippen molar-refractivity contribution in [3.05, 3.63) is 26.6 Å². The van der Waals surface area contributed by atoms with Crippen LogP contribution in [-0.4, -0.2) is 0 Å². The van der Waals surface area contributed by atoms with Crippen LogP contribution in [0.2, 0.25) is 0 Å². The second-order valence-corrected chi connectivity index (χ2v) is 5.17. The molecule has 0 bridgehead atoms. The van der Waals surface area contributed by atoms with E-state index in [4.69, 9.17) is 0 Å². The fourth-order valence-electron chi connectivity index (χ4n) is 1.25. The van der Waals surface area contributed by atoms with Gasteiger partial charge in [-0.05, 0) is 58.0 Å². The van der Waals surface area contributed by atoms with E-state index in [0.717, 1.165) is 4.90 Å². The van der Waals surface area contributed by atoms with E-state index in [-0.39, 0.29) is 0 Å². The smallest absolute Gasteiger partial charge is 0.0490 e. The van der Waals surface area contributed by atoms with E-state index in [9.17, 15) is 0 Å². The van der Waals surface area contributed by atoms with Gasteiger partial charge in [-0.15, -0.1) is 24.0 Å². The second kappa shape index (κ2) is 3.20. The highest BCUT2D eigenvalue weighted by Gasteiger charge is 2.05. The van der Waals surface area contributed by atoms with Crippen LogP contribution < -0.4 is 0 Å². The van der Waals surface area contributed by atoms with Crippen molar-refractivity contribution < 1.29 is 0 Å². The van der Waals surface area contributed by atoms with Crippen LogP contribution in [0.15, 0.2) is 22.4 Å². The Hall–Kier alpha value is 0.260. The molecule has 2 rings (SSSR count). The lowest BCUT2D eigenvalue weighted by atomic mass is 10.1. The van der Waals surface area contributed by atoms with Gasteiger partial charge in [0.1, 0.15) is 0 Å². The maximum absolute atomic E-state index is 4.42. The maximum atomic E-state index is 4.42. The number of aryl methyl sites for hydroxylation is 1. The molecule has 62 valence electrons. The van der Waals surface area contributed by atoms with Crippen molar-refractivity contribution in [2.24, 2.45) is 0 Å². The highest BCUT2D eigenvalue weighted by atomic mass is 127. The molecule has 0 unspecified atom stereocenters. The summed E-state index contributed by atoms with van der Waals surface area (Å²) in [6, 6.07) is 4.30. The minimum atomic E-state index is 1.09. The Morgan fingerprint density at radius 2 is 2.25 bits per heavy atom. The van der Waals surface area contributed by atoms with Gasteiger partial charge in [0.15, 0.2) is 0 Å². The van der Waals surface area contributed by atoms with Crippen molar-refractivity contribution >= 4 is 56.6 Å². The van der Waals surface area contributed by atoms with Gasteiger partial charge in [0.05, 0.1) is 0 Å². The molecule has 0 atom stereocenters. The van der Waals surface area contributed by atoms with Crippen LogP contribution in [0.25, 0.3) is 10.1 Å². The number of rotatable bonds is 0. The minimum Gasteiger partial charge on any atom is -0.143 e. The maximum Gasteiger partial charge on any atom is 0.0490 e. The Balaban J connectivity index is 2.97. The quantitative estimate of drug-likeness (QED) is 0.550. The molecule has 0 aliphatic rings. The standard InChI is InChI=1S/C9H7IS2/c1-5-4-7(11)8(10)9-6(5)2-3-12-9/h2-4,11H,1H3. The van der Waals surface area contributed by atoms with Gasteiger partial charge in [-0.25, -0.2) is 0 Å². The van der Waals surface area contributed by atoms with Crippen LogP contribution >= 0.6 is 46.6 Å². The molecule has 0 aliphatic heterocycles. The Morgan fingerprint density at radius 1 is 1.50 bits per heavy atom. The molecular formula is C9H7IS2. The molecule has 2 aromatic rings. The summed E-state index contributed by atoms with van der Waals surface area (Å²) >= 11 is 8.55. The Morgan fingerprint density at radius 3 is 3.00 bits per heavy atom. The van der Waals surface area contributed by atoms with Crippen LogP contribution in [0, 0.1) is 10.5 Å². The van der Waals surface area contributed by atoms with E-state index < -0.39 is 0 Å². The van der Waals surface area contributed by atoms with Gasteiger partial charge in [-0.2, -0.15) is 0 Å². The summed E-state index contributed by atoms with van der Waals surface area (Å²) in [7, 11) is 0. The van der Waals surface area contributed by atoms with Gasteiger partial charge in [-0.3, -0.25) is 0 Å². The Kier molecular flexibility index (Phi) is 2.35. The number of hydrogen-bond donors (Lipinski definition) is 1. The van der Waals surface area contributed by atoms with E-state index in [1.807, 2.05) is 0 Å². The molecule has 1 heterocycles. The van der Waals surface area contributed by atoms with Crippen molar-refractivity contribution in [1.29, 1.82) is 0 Å². The molecule has 0 aliphatic carbocycles. The first-order chi connectivity index (χ1) is 5.70. The number of thiol groups is 1. The SMILES string of the molecule is Cc1cc(S)c(I)c2sccc12. The molecule has 0 fully saturated rings. The molecular weight excluding hydrogens is 299 g/mol. The first-order valence-corrected chi connectivity index (χ1v) is 5.96. The third-order valence-corrected chi connectivity index (χ3v) is 5.07. The number of hydrogen-bond acceptors (Lipinski definition) is 2. The highest BCUT2D eigenvalue weighted by molar-refractivity contribution is 14.1. The lowest BCUT2D eigenvalue weighted by Crippen LogP contribution is -1.79. The summed E-state index contributed by atoms with van der Waals surface area (Å²) in [6.07, 6.45) is 0. The molecule has 1 aromatic carbocycles. The van der Waals surface area contributed by atoms with Crippen LogP contribution in [0.3, 0.4) is 0 Å². The van der Waals surface area contributed by atoms with Gasteiger partial charge in [-0.1, -0.05) is 0 Å². The summed E-state index contributed by atoms with van der Waals surface area (Å²) < 4.78 is 2.63. The average Bonchev–Trinajstić information content (AvgIpc) is 2.48. The summed E-state index contributed by atoms with van der Waals surface area (Å²) in [6.45, 7) is 2.13. The average molecular weight is 306 g/mol. The van der Waals surface area contributed by atoms with Gasteiger partial charge in [0, 0.05) is 13.2 Å². The predicted molar refractivity (Wildman–Crippen MR) is 66.5 cm³/mol. The zero-order valence-corrected chi connectivity index (χ0v) is 10.3. The van der Waals surface area contributed by atoms with Crippen molar-refractivity contribution in [3.63, 3.8) is 0 Å². The molecule has 1 aromatic heterocycles. The highest BCUT2D eigenvalue weighted by Crippen LogP contribution is 2.32. The van der Waals surface area contributed by atoms with Gasteiger partial charge in [0.2, 0.25) is 0 Å². The van der Waals surface area contributed by atoms with Crippen LogP contribution in [0.5, 0.6) is 0 Å². The zero-order chi connectivity index (χ0) is 8.72. The fraction of sp³-hybridized carbons (Fsp3) is 0.111. The molecule has 0 radical (unpaired) electrons.